The number of nitrogens with one attached hydrogen (secondary N) is 2. The van der Waals surface area contributed by atoms with Gasteiger partial charge in [-0.1, -0.05) is 13.8 Å². The van der Waals surface area contributed by atoms with Gasteiger partial charge >= 0.3 is 5.97 Å². The van der Waals surface area contributed by atoms with Gasteiger partial charge in [0.25, 0.3) is 5.91 Å². The highest BCUT2D eigenvalue weighted by atomic mass is 32.2. The van der Waals surface area contributed by atoms with Crippen LogP contribution in [0, 0.1) is 11.6 Å². The predicted molar refractivity (Wildman–Crippen MR) is 168 cm³/mol. The van der Waals surface area contributed by atoms with E-state index in [2.05, 4.69) is 15.5 Å². The van der Waals surface area contributed by atoms with Crippen LogP contribution in [0.5, 0.6) is 0 Å². The number of carbonyl (C=O) groups is 3. The minimum absolute atomic E-state index is 0.000779. The maximum Gasteiger partial charge on any atom is 0.337 e. The molecule has 6 rings (SSSR count). The fourth-order valence-electron chi connectivity index (χ4n) is 6.01. The minimum atomic E-state index is -4.39. The molecule has 4 aromatic rings. The summed E-state index contributed by atoms with van der Waals surface area (Å²) >= 11 is 0. The van der Waals surface area contributed by atoms with Crippen LogP contribution >= 0.6 is 0 Å². The van der Waals surface area contributed by atoms with E-state index >= 15 is 0 Å². The van der Waals surface area contributed by atoms with Crippen LogP contribution in [0.2, 0.25) is 0 Å². The van der Waals surface area contributed by atoms with Crippen molar-refractivity contribution in [1.82, 2.24) is 19.1 Å². The third-order valence-electron chi connectivity index (χ3n) is 8.35. The summed E-state index contributed by atoms with van der Waals surface area (Å²) in [6.07, 6.45) is 2.89. The van der Waals surface area contributed by atoms with Crippen LogP contribution in [0.25, 0.3) is 5.69 Å². The Kier molecular flexibility index (Phi) is 8.30. The molecule has 0 radical (unpaired) electrons. The number of morpholine rings is 1. The molecule has 2 aliphatic heterocycles. The number of amides is 2. The lowest BCUT2D eigenvalue weighted by Gasteiger charge is -2.36. The lowest BCUT2D eigenvalue weighted by molar-refractivity contribution is 0.0696. The van der Waals surface area contributed by atoms with Crippen molar-refractivity contribution in [3.63, 3.8) is 0 Å². The number of aromatic nitrogens is 3. The summed E-state index contributed by atoms with van der Waals surface area (Å²) in [6.45, 7) is 4.85. The van der Waals surface area contributed by atoms with Crippen molar-refractivity contribution >= 4 is 39.3 Å². The van der Waals surface area contributed by atoms with E-state index in [0.717, 1.165) is 16.4 Å². The number of anilines is 2. The lowest BCUT2D eigenvalue weighted by Crippen LogP contribution is -2.45. The molecule has 0 saturated carbocycles. The Morgan fingerprint density at radius 2 is 1.71 bits per heavy atom. The number of primary amides is 1. The Labute approximate surface area is 273 Å². The minimum Gasteiger partial charge on any atom is -0.478 e. The van der Waals surface area contributed by atoms with Gasteiger partial charge < -0.3 is 30.4 Å². The summed E-state index contributed by atoms with van der Waals surface area (Å²) in [5, 5.41) is 19.3. The second-order valence-electron chi connectivity index (χ2n) is 12.1. The van der Waals surface area contributed by atoms with Gasteiger partial charge in [-0.05, 0) is 30.3 Å². The molecule has 0 aliphatic carbocycles. The number of carboxylic acid groups (broad SMARTS) is 1. The Morgan fingerprint density at radius 1 is 1.04 bits per heavy atom. The Bertz CT molecular complexity index is 2050. The summed E-state index contributed by atoms with van der Waals surface area (Å²) in [4.78, 5) is 39.6. The zero-order chi connectivity index (χ0) is 34.5. The summed E-state index contributed by atoms with van der Waals surface area (Å²) in [5.74, 6) is -4.99. The zero-order valence-corrected chi connectivity index (χ0v) is 26.6. The normalized spacial score (nSPS) is 16.4. The molecule has 1 fully saturated rings. The SMILES string of the molecule is CC1(C)CN(S(=O)(=O)c2cc(F)cc(F)c2)Cc2c(NC(=O)c3cc(-n4ccc(C(=O)O)c4)c(N4CCOCC4)cc3C(N)=O)n[nH]c21. The van der Waals surface area contributed by atoms with Crippen molar-refractivity contribution in [3.05, 3.63) is 88.4 Å². The standard InChI is InChI=1S/C31H31F2N7O7S/c1-31(2)16-40(48(45,46)20-10-18(32)9-19(33)11-20)15-23-26(31)36-37-28(23)35-29(42)22-13-25(39-4-3-17(14-39)30(43)44)24(12-21(22)27(34)41)38-5-7-47-8-6-38/h3-4,9-14H,5-8,15-16H2,1-2H3,(H2,34,41)(H,43,44)(H2,35,36,37,42). The molecule has 48 heavy (non-hydrogen) atoms. The van der Waals surface area contributed by atoms with Gasteiger partial charge in [0.1, 0.15) is 11.6 Å². The number of hydrogen-bond donors (Lipinski definition) is 4. The number of carbonyl (C=O) groups excluding carboxylic acids is 2. The number of aromatic amines is 1. The monoisotopic (exact) mass is 683 g/mol. The molecule has 0 unspecified atom stereocenters. The van der Waals surface area contributed by atoms with Crippen LogP contribution in [0.15, 0.2) is 53.7 Å². The highest BCUT2D eigenvalue weighted by molar-refractivity contribution is 7.89. The highest BCUT2D eigenvalue weighted by Crippen LogP contribution is 2.38. The van der Waals surface area contributed by atoms with Crippen molar-refractivity contribution in [2.45, 2.75) is 30.7 Å². The van der Waals surface area contributed by atoms with Crippen LogP contribution < -0.4 is 16.0 Å². The molecule has 252 valence electrons. The quantitative estimate of drug-likeness (QED) is 0.216. The Morgan fingerprint density at radius 3 is 2.33 bits per heavy atom. The van der Waals surface area contributed by atoms with Gasteiger partial charge in [-0.25, -0.2) is 22.0 Å². The van der Waals surface area contributed by atoms with Crippen LogP contribution in [0.1, 0.15) is 56.2 Å². The molecule has 2 aliphatic rings. The molecule has 1 saturated heterocycles. The number of sulfonamides is 1. The van der Waals surface area contributed by atoms with E-state index in [1.54, 1.807) is 13.8 Å². The second kappa shape index (κ2) is 12.1. The Hall–Kier alpha value is -5.13. The van der Waals surface area contributed by atoms with Gasteiger partial charge in [-0.2, -0.15) is 9.40 Å². The number of fused-ring (bicyclic) bond motifs is 1. The molecule has 5 N–H and O–H groups in total. The largest absolute Gasteiger partial charge is 0.478 e. The molecule has 14 nitrogen and oxygen atoms in total. The first kappa shape index (κ1) is 32.8. The number of aromatic carboxylic acids is 1. The predicted octanol–water partition coefficient (Wildman–Crippen LogP) is 2.85. The molecular formula is C31H31F2N7O7S. The Balaban J connectivity index is 1.39. The van der Waals surface area contributed by atoms with Crippen molar-refractivity contribution in [1.29, 1.82) is 0 Å². The number of ether oxygens (including phenoxy) is 1. The third-order valence-corrected chi connectivity index (χ3v) is 10.1. The fraction of sp³-hybridized carbons (Fsp3) is 0.290. The smallest absolute Gasteiger partial charge is 0.337 e. The summed E-state index contributed by atoms with van der Waals surface area (Å²) in [7, 11) is -4.39. The second-order valence-corrected chi connectivity index (χ2v) is 14.0. The molecule has 2 amide bonds. The number of hydrogen-bond acceptors (Lipinski definition) is 8. The fourth-order valence-corrected chi connectivity index (χ4v) is 7.62. The molecule has 0 atom stereocenters. The number of H-pyrrole nitrogens is 1. The van der Waals surface area contributed by atoms with Gasteiger partial charge in [0.05, 0.1) is 46.2 Å². The number of benzene rings is 2. The van der Waals surface area contributed by atoms with Gasteiger partial charge in [-0.15, -0.1) is 0 Å². The zero-order valence-electron chi connectivity index (χ0n) is 25.8. The first-order valence-electron chi connectivity index (χ1n) is 14.7. The van der Waals surface area contributed by atoms with Crippen molar-refractivity contribution < 1.29 is 41.4 Å². The average Bonchev–Trinajstić information content (AvgIpc) is 3.69. The summed E-state index contributed by atoms with van der Waals surface area (Å²) < 4.78 is 63.0. The first-order valence-corrected chi connectivity index (χ1v) is 16.2. The van der Waals surface area contributed by atoms with E-state index in [9.17, 15) is 36.7 Å². The number of rotatable bonds is 8. The lowest BCUT2D eigenvalue weighted by atomic mass is 9.84. The van der Waals surface area contributed by atoms with E-state index < -0.39 is 49.8 Å². The van der Waals surface area contributed by atoms with Crippen LogP contribution in [-0.4, -0.2) is 83.2 Å². The topological polar surface area (TPSA) is 193 Å². The van der Waals surface area contributed by atoms with E-state index in [1.165, 1.54) is 35.2 Å². The number of nitrogens with two attached hydrogens (primary N) is 1. The molecule has 0 spiro atoms. The van der Waals surface area contributed by atoms with Gasteiger partial charge in [-0.3, -0.25) is 14.7 Å². The summed E-state index contributed by atoms with van der Waals surface area (Å²) in [6, 6.07) is 6.31. The van der Waals surface area contributed by atoms with E-state index in [-0.39, 0.29) is 35.6 Å². The highest BCUT2D eigenvalue weighted by Gasteiger charge is 2.41. The van der Waals surface area contributed by atoms with Crippen LogP contribution in [0.4, 0.5) is 20.3 Å². The maximum absolute atomic E-state index is 14.0. The van der Waals surface area contributed by atoms with E-state index in [4.69, 9.17) is 10.5 Å². The van der Waals surface area contributed by atoms with Gasteiger partial charge in [0.15, 0.2) is 5.82 Å². The van der Waals surface area contributed by atoms with E-state index in [1.807, 2.05) is 4.90 Å². The van der Waals surface area contributed by atoms with Crippen molar-refractivity contribution in [2.24, 2.45) is 5.73 Å². The molecule has 2 aromatic heterocycles. The van der Waals surface area contributed by atoms with Crippen molar-refractivity contribution in [3.8, 4) is 5.69 Å². The van der Waals surface area contributed by atoms with E-state index in [0.29, 0.717) is 55.0 Å². The maximum atomic E-state index is 14.0. The molecule has 2 aromatic carbocycles. The number of halogens is 2. The van der Waals surface area contributed by atoms with Crippen LogP contribution in [-0.2, 0) is 26.7 Å². The molecular weight excluding hydrogens is 652 g/mol. The summed E-state index contributed by atoms with van der Waals surface area (Å²) in [5.41, 5.74) is 6.36. The number of nitrogens with zero attached hydrogens (tertiary/aromatic N) is 4. The molecule has 0 bridgehead atoms. The molecule has 4 heterocycles. The van der Waals surface area contributed by atoms with Gasteiger partial charge in [0.2, 0.25) is 15.9 Å². The van der Waals surface area contributed by atoms with Crippen LogP contribution in [0.3, 0.4) is 0 Å². The van der Waals surface area contributed by atoms with Crippen molar-refractivity contribution in [2.75, 3.05) is 43.1 Å². The first-order chi connectivity index (χ1) is 22.7. The third kappa shape index (κ3) is 6.02. The molecule has 17 heteroatoms. The van der Waals surface area contributed by atoms with Gasteiger partial charge in [0, 0.05) is 61.3 Å². The number of carboxylic acids is 1. The average molecular weight is 684 g/mol.